The molecule has 0 aliphatic carbocycles. The lowest BCUT2D eigenvalue weighted by molar-refractivity contribution is -0.130. The summed E-state index contributed by atoms with van der Waals surface area (Å²) in [4.78, 5) is 35.8. The highest BCUT2D eigenvalue weighted by atomic mass is 32.2. The van der Waals surface area contributed by atoms with Crippen molar-refractivity contribution in [3.05, 3.63) is 29.8 Å². The largest absolute Gasteiger partial charge is 0.452 e. The molecule has 0 aromatic heterocycles. The van der Waals surface area contributed by atoms with E-state index in [2.05, 4.69) is 10.1 Å². The number of carbonyl (C=O) groups is 3. The first-order valence-electron chi connectivity index (χ1n) is 8.11. The number of nitrogens with one attached hydrogen (secondary N) is 2. The van der Waals surface area contributed by atoms with Crippen molar-refractivity contribution in [2.45, 2.75) is 30.6 Å². The van der Waals surface area contributed by atoms with Crippen molar-refractivity contribution in [1.82, 2.24) is 14.9 Å². The summed E-state index contributed by atoms with van der Waals surface area (Å²) in [6.07, 6.45) is 1.42. The number of amides is 4. The Labute approximate surface area is 151 Å². The molecule has 1 heterocycles. The van der Waals surface area contributed by atoms with Crippen LogP contribution >= 0.6 is 0 Å². The summed E-state index contributed by atoms with van der Waals surface area (Å²) in [5.74, 6) is -0.165. The van der Waals surface area contributed by atoms with Gasteiger partial charge in [-0.25, -0.2) is 22.7 Å². The standard InChI is InChI=1S/C16H21N3O6S/c1-25-16(22)18-26(23,24)13-7-5-12(6-8-13)9-10-17-15(21)19-11-3-2-4-14(19)20/h5-8H,2-4,9-11H2,1H3,(H,17,21)(H,18,22). The normalized spacial score (nSPS) is 14.7. The average molecular weight is 383 g/mol. The van der Waals surface area contributed by atoms with E-state index in [0.717, 1.165) is 25.5 Å². The number of hydrogen-bond acceptors (Lipinski definition) is 6. The van der Waals surface area contributed by atoms with Gasteiger partial charge in [0.2, 0.25) is 5.91 Å². The van der Waals surface area contributed by atoms with E-state index in [1.54, 1.807) is 16.9 Å². The highest BCUT2D eigenvalue weighted by Gasteiger charge is 2.23. The van der Waals surface area contributed by atoms with Gasteiger partial charge in [0.05, 0.1) is 12.0 Å². The van der Waals surface area contributed by atoms with Gasteiger partial charge in [-0.15, -0.1) is 0 Å². The lowest BCUT2D eigenvalue weighted by Crippen LogP contribution is -2.46. The number of methoxy groups -OCH3 is 1. The van der Waals surface area contributed by atoms with Crippen molar-refractivity contribution < 1.29 is 27.5 Å². The van der Waals surface area contributed by atoms with Gasteiger partial charge in [0.15, 0.2) is 0 Å². The fraction of sp³-hybridized carbons (Fsp3) is 0.438. The molecule has 0 radical (unpaired) electrons. The van der Waals surface area contributed by atoms with Crippen LogP contribution in [0.3, 0.4) is 0 Å². The molecule has 1 aliphatic heterocycles. The summed E-state index contributed by atoms with van der Waals surface area (Å²) in [7, 11) is -2.91. The van der Waals surface area contributed by atoms with Gasteiger partial charge in [-0.1, -0.05) is 12.1 Å². The van der Waals surface area contributed by atoms with Crippen LogP contribution in [0.5, 0.6) is 0 Å². The molecule has 4 amide bonds. The second-order valence-corrected chi connectivity index (χ2v) is 7.41. The van der Waals surface area contributed by atoms with Crippen molar-refractivity contribution in [2.24, 2.45) is 0 Å². The van der Waals surface area contributed by atoms with E-state index in [-0.39, 0.29) is 10.8 Å². The van der Waals surface area contributed by atoms with Gasteiger partial charge in [0.25, 0.3) is 10.0 Å². The van der Waals surface area contributed by atoms with Crippen LogP contribution < -0.4 is 10.0 Å². The van der Waals surface area contributed by atoms with Gasteiger partial charge < -0.3 is 10.1 Å². The summed E-state index contributed by atoms with van der Waals surface area (Å²) in [5.41, 5.74) is 0.798. The lowest BCUT2D eigenvalue weighted by Gasteiger charge is -2.24. The van der Waals surface area contributed by atoms with E-state index in [4.69, 9.17) is 0 Å². The second kappa shape index (κ2) is 8.65. The lowest BCUT2D eigenvalue weighted by atomic mass is 10.1. The summed E-state index contributed by atoms with van der Waals surface area (Å²) in [6, 6.07) is 5.48. The van der Waals surface area contributed by atoms with Gasteiger partial charge in [0, 0.05) is 19.5 Å². The fourth-order valence-electron chi connectivity index (χ4n) is 2.48. The minimum atomic E-state index is -3.98. The first-order chi connectivity index (χ1) is 12.3. The van der Waals surface area contributed by atoms with Gasteiger partial charge in [-0.2, -0.15) is 0 Å². The van der Waals surface area contributed by atoms with Crippen LogP contribution in [0.1, 0.15) is 24.8 Å². The van der Waals surface area contributed by atoms with Crippen molar-refractivity contribution in [2.75, 3.05) is 20.2 Å². The molecule has 2 rings (SSSR count). The predicted molar refractivity (Wildman–Crippen MR) is 91.8 cm³/mol. The molecule has 1 aromatic carbocycles. The van der Waals surface area contributed by atoms with Gasteiger partial charge in [-0.3, -0.25) is 9.69 Å². The Bertz CT molecular complexity index is 776. The molecule has 26 heavy (non-hydrogen) atoms. The highest BCUT2D eigenvalue weighted by molar-refractivity contribution is 7.90. The molecule has 0 bridgehead atoms. The number of rotatable bonds is 5. The van der Waals surface area contributed by atoms with Crippen LogP contribution in [-0.2, 0) is 26.0 Å². The van der Waals surface area contributed by atoms with Crippen molar-refractivity contribution >= 4 is 28.1 Å². The third-order valence-electron chi connectivity index (χ3n) is 3.90. The SMILES string of the molecule is COC(=O)NS(=O)(=O)c1ccc(CCNC(=O)N2CCCCC2=O)cc1. The first kappa shape index (κ1) is 19.7. The Kier molecular flexibility index (Phi) is 6.56. The third-order valence-corrected chi connectivity index (χ3v) is 5.22. The maximum absolute atomic E-state index is 12.0. The van der Waals surface area contributed by atoms with Crippen molar-refractivity contribution in [1.29, 1.82) is 0 Å². The Balaban J connectivity index is 1.86. The molecule has 0 unspecified atom stereocenters. The van der Waals surface area contributed by atoms with Crippen molar-refractivity contribution in [3.8, 4) is 0 Å². The number of imide groups is 1. The van der Waals surface area contributed by atoms with Crippen LogP contribution in [0.4, 0.5) is 9.59 Å². The summed E-state index contributed by atoms with van der Waals surface area (Å²) in [6.45, 7) is 0.750. The molecule has 142 valence electrons. The predicted octanol–water partition coefficient (Wildman–Crippen LogP) is 0.996. The fourth-order valence-corrected chi connectivity index (χ4v) is 3.39. The number of likely N-dealkylation sites (tertiary alicyclic amines) is 1. The molecular weight excluding hydrogens is 362 g/mol. The molecule has 0 spiro atoms. The van der Waals surface area contributed by atoms with E-state index in [1.165, 1.54) is 17.0 Å². The summed E-state index contributed by atoms with van der Waals surface area (Å²) in [5, 5.41) is 2.68. The minimum absolute atomic E-state index is 0.0744. The number of piperidine rings is 1. The van der Waals surface area contributed by atoms with Gasteiger partial charge >= 0.3 is 12.1 Å². The molecule has 1 aliphatic rings. The molecule has 0 saturated carbocycles. The van der Waals surface area contributed by atoms with Gasteiger partial charge in [0.1, 0.15) is 0 Å². The molecule has 1 saturated heterocycles. The average Bonchev–Trinajstić information content (AvgIpc) is 2.62. The zero-order chi connectivity index (χ0) is 19.2. The third kappa shape index (κ3) is 5.19. The number of sulfonamides is 1. The molecule has 9 nitrogen and oxygen atoms in total. The number of carbonyl (C=O) groups excluding carboxylic acids is 3. The molecular formula is C16H21N3O6S. The Morgan fingerprint density at radius 3 is 2.50 bits per heavy atom. The highest BCUT2D eigenvalue weighted by Crippen LogP contribution is 2.12. The molecule has 2 N–H and O–H groups in total. The number of hydrogen-bond donors (Lipinski definition) is 2. The van der Waals surface area contributed by atoms with Crippen molar-refractivity contribution in [3.63, 3.8) is 0 Å². The van der Waals surface area contributed by atoms with Crippen LogP contribution in [0.25, 0.3) is 0 Å². The Morgan fingerprint density at radius 2 is 1.88 bits per heavy atom. The van der Waals surface area contributed by atoms with Crippen LogP contribution in [-0.4, -0.2) is 51.5 Å². The van der Waals surface area contributed by atoms with E-state index >= 15 is 0 Å². The van der Waals surface area contributed by atoms with Crippen LogP contribution in [0.15, 0.2) is 29.2 Å². The topological polar surface area (TPSA) is 122 Å². The van der Waals surface area contributed by atoms with Crippen LogP contribution in [0, 0.1) is 0 Å². The van der Waals surface area contributed by atoms with E-state index in [0.29, 0.717) is 25.9 Å². The van der Waals surface area contributed by atoms with Crippen LogP contribution in [0.2, 0.25) is 0 Å². The van der Waals surface area contributed by atoms with E-state index in [1.807, 2.05) is 0 Å². The quantitative estimate of drug-likeness (QED) is 0.782. The molecule has 10 heteroatoms. The summed E-state index contributed by atoms with van der Waals surface area (Å²) < 4.78 is 29.9. The maximum atomic E-state index is 12.0. The van der Waals surface area contributed by atoms with Gasteiger partial charge in [-0.05, 0) is 37.0 Å². The summed E-state index contributed by atoms with van der Waals surface area (Å²) >= 11 is 0. The molecule has 0 atom stereocenters. The number of nitrogens with zero attached hydrogens (tertiary/aromatic N) is 1. The molecule has 1 aromatic rings. The Morgan fingerprint density at radius 1 is 1.19 bits per heavy atom. The number of ether oxygens (including phenoxy) is 1. The Hall–Kier alpha value is -2.62. The zero-order valence-corrected chi connectivity index (χ0v) is 15.2. The monoisotopic (exact) mass is 383 g/mol. The maximum Gasteiger partial charge on any atom is 0.420 e. The second-order valence-electron chi connectivity index (χ2n) is 5.73. The molecule has 1 fully saturated rings. The van der Waals surface area contributed by atoms with E-state index < -0.39 is 22.1 Å². The zero-order valence-electron chi connectivity index (χ0n) is 14.4. The first-order valence-corrected chi connectivity index (χ1v) is 9.59. The smallest absolute Gasteiger partial charge is 0.420 e. The van der Waals surface area contributed by atoms with E-state index in [9.17, 15) is 22.8 Å². The number of urea groups is 1. The number of benzene rings is 1. The minimum Gasteiger partial charge on any atom is -0.452 e.